The molecule has 1 aliphatic rings. The smallest absolute Gasteiger partial charge is 0.253 e. The summed E-state index contributed by atoms with van der Waals surface area (Å²) in [5.41, 5.74) is 0.506. The number of nitrogens with zero attached hydrogens (tertiary/aromatic N) is 1. The molecule has 1 saturated heterocycles. The van der Waals surface area contributed by atoms with Crippen LogP contribution in [0.4, 0.5) is 4.39 Å². The van der Waals surface area contributed by atoms with E-state index in [9.17, 15) is 14.0 Å². The Kier molecular flexibility index (Phi) is 5.92. The molecule has 120 valence electrons. The molecule has 0 saturated carbocycles. The van der Waals surface area contributed by atoms with Gasteiger partial charge in [0.1, 0.15) is 5.82 Å². The van der Waals surface area contributed by atoms with Crippen LogP contribution in [0.5, 0.6) is 0 Å². The Hall–Kier alpha value is -1.91. The Labute approximate surface area is 130 Å². The molecule has 4 nitrogen and oxygen atoms in total. The fourth-order valence-corrected chi connectivity index (χ4v) is 2.64. The molecule has 5 heteroatoms. The van der Waals surface area contributed by atoms with Crippen molar-refractivity contribution in [3.8, 4) is 0 Å². The minimum absolute atomic E-state index is 0.0734. The summed E-state index contributed by atoms with van der Waals surface area (Å²) >= 11 is 0. The van der Waals surface area contributed by atoms with E-state index in [4.69, 9.17) is 0 Å². The lowest BCUT2D eigenvalue weighted by molar-refractivity contribution is -0.122. The van der Waals surface area contributed by atoms with Crippen molar-refractivity contribution in [2.24, 2.45) is 0 Å². The highest BCUT2D eigenvalue weighted by molar-refractivity contribution is 5.94. The summed E-state index contributed by atoms with van der Waals surface area (Å²) in [7, 11) is 0. The second kappa shape index (κ2) is 7.92. The van der Waals surface area contributed by atoms with Crippen LogP contribution in [0.25, 0.3) is 0 Å². The van der Waals surface area contributed by atoms with Crippen LogP contribution in [-0.4, -0.2) is 35.8 Å². The van der Waals surface area contributed by atoms with Gasteiger partial charge in [0.25, 0.3) is 5.91 Å². The Bertz CT molecular complexity index is 508. The summed E-state index contributed by atoms with van der Waals surface area (Å²) < 4.78 is 12.9. The van der Waals surface area contributed by atoms with Crippen LogP contribution in [0.3, 0.4) is 0 Å². The average Bonchev–Trinajstić information content (AvgIpc) is 2.54. The minimum atomic E-state index is -0.343. The van der Waals surface area contributed by atoms with Gasteiger partial charge in [-0.15, -0.1) is 0 Å². The second-order valence-corrected chi connectivity index (χ2v) is 5.74. The van der Waals surface area contributed by atoms with Gasteiger partial charge in [-0.3, -0.25) is 9.59 Å². The van der Waals surface area contributed by atoms with Crippen molar-refractivity contribution in [1.82, 2.24) is 10.2 Å². The molecule has 2 amide bonds. The molecule has 0 aromatic heterocycles. The lowest BCUT2D eigenvalue weighted by Crippen LogP contribution is -2.46. The van der Waals surface area contributed by atoms with Gasteiger partial charge in [0, 0.05) is 31.1 Å². The Morgan fingerprint density at radius 2 is 1.86 bits per heavy atom. The third-order valence-electron chi connectivity index (χ3n) is 4.00. The number of nitrogens with one attached hydrogen (secondary N) is 1. The molecule has 22 heavy (non-hydrogen) atoms. The Balaban J connectivity index is 1.80. The molecule has 0 radical (unpaired) electrons. The predicted molar refractivity (Wildman–Crippen MR) is 83.0 cm³/mol. The predicted octanol–water partition coefficient (Wildman–Crippen LogP) is 2.74. The quantitative estimate of drug-likeness (QED) is 0.909. The van der Waals surface area contributed by atoms with Gasteiger partial charge in [-0.2, -0.15) is 0 Å². The van der Waals surface area contributed by atoms with Crippen molar-refractivity contribution in [2.45, 2.75) is 45.1 Å². The summed E-state index contributed by atoms with van der Waals surface area (Å²) in [5.74, 6) is -0.314. The molecule has 1 aromatic rings. The zero-order chi connectivity index (χ0) is 15.9. The van der Waals surface area contributed by atoms with E-state index in [2.05, 4.69) is 12.2 Å². The number of rotatable bonds is 5. The number of amides is 2. The molecule has 1 aliphatic heterocycles. The lowest BCUT2D eigenvalue weighted by atomic mass is 10.0. The zero-order valence-electron chi connectivity index (χ0n) is 13.0. The third-order valence-corrected chi connectivity index (χ3v) is 4.00. The van der Waals surface area contributed by atoms with Crippen LogP contribution < -0.4 is 5.32 Å². The van der Waals surface area contributed by atoms with E-state index in [0.29, 0.717) is 25.1 Å². The first-order chi connectivity index (χ1) is 10.6. The number of likely N-dealkylation sites (tertiary alicyclic amines) is 1. The first kappa shape index (κ1) is 16.5. The third kappa shape index (κ3) is 4.55. The fraction of sp³-hybridized carbons (Fsp3) is 0.529. The van der Waals surface area contributed by atoms with Crippen molar-refractivity contribution >= 4 is 11.8 Å². The van der Waals surface area contributed by atoms with Gasteiger partial charge >= 0.3 is 0 Å². The van der Waals surface area contributed by atoms with E-state index in [-0.39, 0.29) is 23.7 Å². The number of hydrogen-bond donors (Lipinski definition) is 1. The summed E-state index contributed by atoms with van der Waals surface area (Å²) in [4.78, 5) is 25.8. The first-order valence-electron chi connectivity index (χ1n) is 7.94. The summed E-state index contributed by atoms with van der Waals surface area (Å²) in [5, 5.41) is 3.03. The highest BCUT2D eigenvalue weighted by Gasteiger charge is 2.24. The lowest BCUT2D eigenvalue weighted by Gasteiger charge is -2.32. The van der Waals surface area contributed by atoms with E-state index < -0.39 is 0 Å². The molecule has 1 aromatic carbocycles. The van der Waals surface area contributed by atoms with Crippen LogP contribution in [0.1, 0.15) is 49.4 Å². The van der Waals surface area contributed by atoms with Crippen molar-refractivity contribution < 1.29 is 14.0 Å². The average molecular weight is 306 g/mol. The van der Waals surface area contributed by atoms with Gasteiger partial charge in [-0.25, -0.2) is 4.39 Å². The number of hydrogen-bond acceptors (Lipinski definition) is 2. The van der Waals surface area contributed by atoms with E-state index >= 15 is 0 Å². The van der Waals surface area contributed by atoms with Crippen LogP contribution in [0.2, 0.25) is 0 Å². The number of halogens is 1. The van der Waals surface area contributed by atoms with Crippen LogP contribution in [-0.2, 0) is 4.79 Å². The highest BCUT2D eigenvalue weighted by Crippen LogP contribution is 2.15. The van der Waals surface area contributed by atoms with Crippen molar-refractivity contribution in [3.05, 3.63) is 35.6 Å². The SMILES string of the molecule is CCCCC(=O)NC1CCN(C(=O)c2ccc(F)cc2)CC1. The largest absolute Gasteiger partial charge is 0.353 e. The van der Waals surface area contributed by atoms with E-state index in [1.54, 1.807) is 4.90 Å². The molecular formula is C17H23FN2O2. The number of carbonyl (C=O) groups excluding carboxylic acids is 2. The molecule has 1 heterocycles. The van der Waals surface area contributed by atoms with Gasteiger partial charge < -0.3 is 10.2 Å². The zero-order valence-corrected chi connectivity index (χ0v) is 13.0. The van der Waals surface area contributed by atoms with Crippen molar-refractivity contribution in [3.63, 3.8) is 0 Å². The number of carbonyl (C=O) groups is 2. The molecule has 1 N–H and O–H groups in total. The minimum Gasteiger partial charge on any atom is -0.353 e. The number of benzene rings is 1. The van der Waals surface area contributed by atoms with Gasteiger partial charge in [0.2, 0.25) is 5.91 Å². The maximum atomic E-state index is 12.9. The van der Waals surface area contributed by atoms with Gasteiger partial charge in [0.15, 0.2) is 0 Å². The molecule has 0 spiro atoms. The van der Waals surface area contributed by atoms with Crippen LogP contribution >= 0.6 is 0 Å². The molecular weight excluding hydrogens is 283 g/mol. The van der Waals surface area contributed by atoms with E-state index in [0.717, 1.165) is 25.7 Å². The van der Waals surface area contributed by atoms with Crippen LogP contribution in [0, 0.1) is 5.82 Å². The summed E-state index contributed by atoms with van der Waals surface area (Å²) in [6.07, 6.45) is 4.03. The standard InChI is InChI=1S/C17H23FN2O2/c1-2-3-4-16(21)19-15-9-11-20(12-10-15)17(22)13-5-7-14(18)8-6-13/h5-8,15H,2-4,9-12H2,1H3,(H,19,21). The summed E-state index contributed by atoms with van der Waals surface area (Å²) in [6, 6.07) is 5.77. The first-order valence-corrected chi connectivity index (χ1v) is 7.94. The Morgan fingerprint density at radius 3 is 2.45 bits per heavy atom. The molecule has 2 rings (SSSR count). The maximum absolute atomic E-state index is 12.9. The normalized spacial score (nSPS) is 15.6. The van der Waals surface area contributed by atoms with Crippen molar-refractivity contribution in [2.75, 3.05) is 13.1 Å². The van der Waals surface area contributed by atoms with Crippen molar-refractivity contribution in [1.29, 1.82) is 0 Å². The second-order valence-electron chi connectivity index (χ2n) is 5.74. The molecule has 1 fully saturated rings. The van der Waals surface area contributed by atoms with E-state index in [1.165, 1.54) is 24.3 Å². The highest BCUT2D eigenvalue weighted by atomic mass is 19.1. The fourth-order valence-electron chi connectivity index (χ4n) is 2.64. The molecule has 0 bridgehead atoms. The molecule has 0 unspecified atom stereocenters. The van der Waals surface area contributed by atoms with Crippen LogP contribution in [0.15, 0.2) is 24.3 Å². The van der Waals surface area contributed by atoms with Gasteiger partial charge in [-0.05, 0) is 43.5 Å². The maximum Gasteiger partial charge on any atom is 0.253 e. The Morgan fingerprint density at radius 1 is 1.23 bits per heavy atom. The molecule has 0 atom stereocenters. The molecule has 0 aliphatic carbocycles. The van der Waals surface area contributed by atoms with Gasteiger partial charge in [0.05, 0.1) is 0 Å². The monoisotopic (exact) mass is 306 g/mol. The number of piperidine rings is 1. The topological polar surface area (TPSA) is 49.4 Å². The van der Waals surface area contributed by atoms with E-state index in [1.807, 2.05) is 0 Å². The summed E-state index contributed by atoms with van der Waals surface area (Å²) in [6.45, 7) is 3.30. The van der Waals surface area contributed by atoms with Gasteiger partial charge in [-0.1, -0.05) is 13.3 Å². The number of unbranched alkanes of at least 4 members (excludes halogenated alkanes) is 1.